The number of hydrogen-bond acceptors (Lipinski definition) is 3. The van der Waals surface area contributed by atoms with E-state index in [0.29, 0.717) is 6.42 Å². The van der Waals surface area contributed by atoms with E-state index >= 15 is 0 Å². The van der Waals surface area contributed by atoms with Crippen LogP contribution in [0.1, 0.15) is 245 Å². The van der Waals surface area contributed by atoms with Crippen LogP contribution in [0.5, 0.6) is 0 Å². The quantitative estimate of drug-likeness (QED) is 0.0404. The van der Waals surface area contributed by atoms with Crippen LogP contribution in [0, 0.1) is 0 Å². The Balaban J connectivity index is 3.81. The number of carboxylic acid groups (broad SMARTS) is 1. The molecule has 0 heterocycles. The van der Waals surface area contributed by atoms with E-state index in [1.54, 1.807) is 0 Å². The summed E-state index contributed by atoms with van der Waals surface area (Å²) in [5, 5.41) is 8.84. The summed E-state index contributed by atoms with van der Waals surface area (Å²) < 4.78 is 5.89. The van der Waals surface area contributed by atoms with Crippen molar-refractivity contribution in [3.05, 3.63) is 12.2 Å². The van der Waals surface area contributed by atoms with Crippen molar-refractivity contribution in [2.24, 2.45) is 0 Å². The monoisotopic (exact) mass is 663 g/mol. The highest BCUT2D eigenvalue weighted by Gasteiger charge is 2.11. The molecular formula is C43H82O4. The Morgan fingerprint density at radius 1 is 0.468 bits per heavy atom. The van der Waals surface area contributed by atoms with Gasteiger partial charge in [0.2, 0.25) is 0 Å². The highest BCUT2D eigenvalue weighted by Crippen LogP contribution is 2.17. The second kappa shape index (κ2) is 39.1. The topological polar surface area (TPSA) is 63.6 Å². The zero-order valence-electron chi connectivity index (χ0n) is 31.9. The summed E-state index contributed by atoms with van der Waals surface area (Å²) in [7, 11) is 0. The molecule has 1 unspecified atom stereocenters. The van der Waals surface area contributed by atoms with Crippen molar-refractivity contribution in [1.82, 2.24) is 0 Å². The van der Waals surface area contributed by atoms with Gasteiger partial charge in [0.05, 0.1) is 0 Å². The molecule has 0 aliphatic rings. The number of aliphatic carboxylic acids is 1. The lowest BCUT2D eigenvalue weighted by atomic mass is 10.0. The lowest BCUT2D eigenvalue weighted by molar-refractivity contribution is -0.147. The molecule has 4 nitrogen and oxygen atoms in total. The minimum absolute atomic E-state index is 0.0562. The first-order valence-corrected chi connectivity index (χ1v) is 21.2. The van der Waals surface area contributed by atoms with Gasteiger partial charge in [-0.3, -0.25) is 9.59 Å². The summed E-state index contributed by atoms with van der Waals surface area (Å²) in [4.78, 5) is 23.3. The largest absolute Gasteiger partial charge is 0.481 e. The first kappa shape index (κ1) is 45.7. The molecule has 0 aliphatic carbocycles. The molecule has 0 fully saturated rings. The second-order valence-corrected chi connectivity index (χ2v) is 14.5. The Kier molecular flexibility index (Phi) is 38.0. The third-order valence-corrected chi connectivity index (χ3v) is 9.72. The number of hydrogen-bond donors (Lipinski definition) is 1. The van der Waals surface area contributed by atoms with Crippen molar-refractivity contribution >= 4 is 11.9 Å². The fraction of sp³-hybridized carbons (Fsp3) is 0.907. The van der Waals surface area contributed by atoms with Gasteiger partial charge in [-0.1, -0.05) is 200 Å². The molecule has 0 aliphatic heterocycles. The number of esters is 1. The zero-order valence-corrected chi connectivity index (χ0v) is 31.9. The summed E-state index contributed by atoms with van der Waals surface area (Å²) in [5.41, 5.74) is 0. The molecule has 0 aromatic rings. The van der Waals surface area contributed by atoms with Crippen LogP contribution in [0.25, 0.3) is 0 Å². The average Bonchev–Trinajstić information content (AvgIpc) is 3.05. The average molecular weight is 663 g/mol. The van der Waals surface area contributed by atoms with E-state index in [1.807, 2.05) is 0 Å². The van der Waals surface area contributed by atoms with Crippen molar-refractivity contribution in [1.29, 1.82) is 0 Å². The number of carbonyl (C=O) groups is 2. The third kappa shape index (κ3) is 39.0. The van der Waals surface area contributed by atoms with Gasteiger partial charge in [-0.25, -0.2) is 0 Å². The van der Waals surface area contributed by atoms with Crippen LogP contribution in [0.2, 0.25) is 0 Å². The summed E-state index contributed by atoms with van der Waals surface area (Å²) >= 11 is 0. The Labute approximate surface area is 294 Å². The highest BCUT2D eigenvalue weighted by molar-refractivity contribution is 5.69. The van der Waals surface area contributed by atoms with E-state index in [4.69, 9.17) is 9.84 Å². The van der Waals surface area contributed by atoms with Gasteiger partial charge in [-0.15, -0.1) is 0 Å². The molecule has 0 aromatic heterocycles. The SMILES string of the molecule is CCCCCCCCC/C=C\C(CCCCCCC(=O)O)OC(=O)CCCCCCCCCCCCCCCCCCCCCCC. The van der Waals surface area contributed by atoms with Crippen LogP contribution in [0.4, 0.5) is 0 Å². The molecule has 47 heavy (non-hydrogen) atoms. The number of ether oxygens (including phenoxy) is 1. The Hall–Kier alpha value is -1.32. The minimum atomic E-state index is -0.717. The maximum Gasteiger partial charge on any atom is 0.306 e. The first-order chi connectivity index (χ1) is 23.1. The minimum Gasteiger partial charge on any atom is -0.481 e. The number of unbranched alkanes of at least 4 members (excludes halogenated alkanes) is 30. The summed E-state index contributed by atoms with van der Waals surface area (Å²) in [6.07, 6.45) is 48.3. The van der Waals surface area contributed by atoms with E-state index in [1.165, 1.54) is 167 Å². The van der Waals surface area contributed by atoms with Crippen LogP contribution < -0.4 is 0 Å². The number of carbonyl (C=O) groups excluding carboxylic acids is 1. The predicted molar refractivity (Wildman–Crippen MR) is 204 cm³/mol. The molecule has 0 spiro atoms. The molecular weight excluding hydrogens is 580 g/mol. The molecule has 1 N–H and O–H groups in total. The third-order valence-electron chi connectivity index (χ3n) is 9.72. The smallest absolute Gasteiger partial charge is 0.306 e. The van der Waals surface area contributed by atoms with Gasteiger partial charge in [0.15, 0.2) is 0 Å². The van der Waals surface area contributed by atoms with Gasteiger partial charge >= 0.3 is 11.9 Å². The predicted octanol–water partition coefficient (Wildman–Crippen LogP) is 14.6. The van der Waals surface area contributed by atoms with Crippen LogP contribution in [-0.2, 0) is 14.3 Å². The standard InChI is InChI=1S/C43H82O4/c1-3-5-7-9-11-13-14-15-16-17-18-19-20-21-22-23-24-26-28-30-36-40-43(46)47-41(38-34-31-32-35-39-42(44)45)37-33-29-27-25-12-10-8-6-4-2/h33,37,41H,3-32,34-36,38-40H2,1-2H3,(H,44,45)/b37-33-. The van der Waals surface area contributed by atoms with Crippen LogP contribution in [-0.4, -0.2) is 23.1 Å². The fourth-order valence-electron chi connectivity index (χ4n) is 6.57. The Morgan fingerprint density at radius 2 is 0.809 bits per heavy atom. The number of rotatable bonds is 39. The Bertz CT molecular complexity index is 673. The van der Waals surface area contributed by atoms with Gasteiger partial charge in [0.1, 0.15) is 6.10 Å². The van der Waals surface area contributed by atoms with Crippen molar-refractivity contribution < 1.29 is 19.4 Å². The van der Waals surface area contributed by atoms with E-state index in [9.17, 15) is 9.59 Å². The summed E-state index contributed by atoms with van der Waals surface area (Å²) in [6, 6.07) is 0. The molecule has 1 atom stereocenters. The molecule has 0 saturated heterocycles. The molecule has 0 bridgehead atoms. The van der Waals surface area contributed by atoms with Crippen molar-refractivity contribution in [2.45, 2.75) is 251 Å². The summed E-state index contributed by atoms with van der Waals surface area (Å²) in [6.45, 7) is 4.55. The van der Waals surface area contributed by atoms with Crippen LogP contribution in [0.15, 0.2) is 12.2 Å². The molecule has 0 amide bonds. The highest BCUT2D eigenvalue weighted by atomic mass is 16.5. The normalized spacial score (nSPS) is 12.2. The molecule has 0 aromatic carbocycles. The van der Waals surface area contributed by atoms with Gasteiger partial charge in [0.25, 0.3) is 0 Å². The lowest BCUT2D eigenvalue weighted by Gasteiger charge is -2.15. The van der Waals surface area contributed by atoms with Crippen LogP contribution >= 0.6 is 0 Å². The van der Waals surface area contributed by atoms with Gasteiger partial charge < -0.3 is 9.84 Å². The first-order valence-electron chi connectivity index (χ1n) is 21.2. The van der Waals surface area contributed by atoms with E-state index in [2.05, 4.69) is 26.0 Å². The van der Waals surface area contributed by atoms with Gasteiger partial charge in [0, 0.05) is 12.8 Å². The van der Waals surface area contributed by atoms with Gasteiger partial charge in [-0.05, 0) is 44.6 Å². The van der Waals surface area contributed by atoms with E-state index < -0.39 is 5.97 Å². The van der Waals surface area contributed by atoms with Crippen LogP contribution in [0.3, 0.4) is 0 Å². The van der Waals surface area contributed by atoms with Gasteiger partial charge in [-0.2, -0.15) is 0 Å². The maximum absolute atomic E-state index is 12.6. The van der Waals surface area contributed by atoms with E-state index in [-0.39, 0.29) is 18.5 Å². The summed E-state index contributed by atoms with van der Waals surface area (Å²) in [5.74, 6) is -0.774. The number of carboxylic acids is 1. The molecule has 278 valence electrons. The number of allylic oxidation sites excluding steroid dienone is 1. The fourth-order valence-corrected chi connectivity index (χ4v) is 6.57. The maximum atomic E-state index is 12.6. The molecule has 4 heteroatoms. The second-order valence-electron chi connectivity index (χ2n) is 14.5. The molecule has 0 saturated carbocycles. The molecule has 0 rings (SSSR count). The Morgan fingerprint density at radius 3 is 1.21 bits per heavy atom. The molecule has 0 radical (unpaired) electrons. The van der Waals surface area contributed by atoms with Crippen molar-refractivity contribution in [3.63, 3.8) is 0 Å². The van der Waals surface area contributed by atoms with Crippen molar-refractivity contribution in [3.8, 4) is 0 Å². The zero-order chi connectivity index (χ0) is 34.3. The lowest BCUT2D eigenvalue weighted by Crippen LogP contribution is -2.16. The van der Waals surface area contributed by atoms with Crippen molar-refractivity contribution in [2.75, 3.05) is 0 Å². The van der Waals surface area contributed by atoms with E-state index in [0.717, 1.165) is 51.4 Å².